The van der Waals surface area contributed by atoms with E-state index in [1.807, 2.05) is 6.07 Å². The summed E-state index contributed by atoms with van der Waals surface area (Å²) in [6, 6.07) is 1.97. The summed E-state index contributed by atoms with van der Waals surface area (Å²) in [4.78, 5) is 13.2. The summed E-state index contributed by atoms with van der Waals surface area (Å²) in [7, 11) is 0. The van der Waals surface area contributed by atoms with Crippen LogP contribution in [0.4, 0.5) is 0 Å². The molecule has 0 aliphatic carbocycles. The van der Waals surface area contributed by atoms with Gasteiger partial charge in [-0.2, -0.15) is 5.26 Å². The minimum absolute atomic E-state index is 0.147. The van der Waals surface area contributed by atoms with Gasteiger partial charge in [0.2, 0.25) is 5.91 Å². The lowest BCUT2D eigenvalue weighted by Gasteiger charge is -2.29. The van der Waals surface area contributed by atoms with Gasteiger partial charge in [-0.3, -0.25) is 4.79 Å². The van der Waals surface area contributed by atoms with Crippen LogP contribution in [0, 0.1) is 11.3 Å². The van der Waals surface area contributed by atoms with E-state index in [0.29, 0.717) is 12.2 Å². The smallest absolute Gasteiger partial charge is 0.225 e. The zero-order chi connectivity index (χ0) is 9.97. The summed E-state index contributed by atoms with van der Waals surface area (Å²) >= 11 is 0. The molecule has 2 heterocycles. The van der Waals surface area contributed by atoms with Crippen LogP contribution in [-0.2, 0) is 9.53 Å². The van der Waals surface area contributed by atoms with Crippen molar-refractivity contribution < 1.29 is 9.53 Å². The van der Waals surface area contributed by atoms with Crippen molar-refractivity contribution in [2.75, 3.05) is 6.54 Å². The standard InChI is InChI=1S/C10H12N2O2/c11-7-8-3-1-5-10(14-8)12-6-2-4-9(12)13/h3,10H,1-2,4-6H2/t10-/m0/s1. The maximum absolute atomic E-state index is 11.4. The average Bonchev–Trinajstić information content (AvgIpc) is 2.65. The molecule has 0 bridgehead atoms. The minimum Gasteiger partial charge on any atom is -0.460 e. The first-order valence-corrected chi connectivity index (χ1v) is 4.87. The van der Waals surface area contributed by atoms with Gasteiger partial charge in [-0.15, -0.1) is 0 Å². The number of nitrogens with zero attached hydrogens (tertiary/aromatic N) is 2. The van der Waals surface area contributed by atoms with Gasteiger partial charge in [0.05, 0.1) is 0 Å². The summed E-state index contributed by atoms with van der Waals surface area (Å²) in [5, 5.41) is 8.67. The van der Waals surface area contributed by atoms with Crippen LogP contribution in [0.25, 0.3) is 0 Å². The number of nitriles is 1. The largest absolute Gasteiger partial charge is 0.460 e. The lowest BCUT2D eigenvalue weighted by atomic mass is 10.2. The van der Waals surface area contributed by atoms with Crippen molar-refractivity contribution in [1.29, 1.82) is 5.26 Å². The predicted molar refractivity (Wildman–Crippen MR) is 48.8 cm³/mol. The fourth-order valence-corrected chi connectivity index (χ4v) is 1.88. The van der Waals surface area contributed by atoms with Gasteiger partial charge < -0.3 is 9.64 Å². The number of amides is 1. The van der Waals surface area contributed by atoms with Crippen LogP contribution in [0.15, 0.2) is 11.8 Å². The molecule has 2 aliphatic heterocycles. The van der Waals surface area contributed by atoms with Gasteiger partial charge in [0, 0.05) is 19.4 Å². The van der Waals surface area contributed by atoms with E-state index in [2.05, 4.69) is 0 Å². The van der Waals surface area contributed by atoms with E-state index in [9.17, 15) is 4.79 Å². The number of carbonyl (C=O) groups is 1. The molecule has 0 radical (unpaired) electrons. The van der Waals surface area contributed by atoms with Crippen molar-refractivity contribution in [3.05, 3.63) is 11.8 Å². The second-order valence-electron chi connectivity index (χ2n) is 3.52. The van der Waals surface area contributed by atoms with E-state index in [1.54, 1.807) is 11.0 Å². The molecule has 1 fully saturated rings. The number of allylic oxidation sites excluding steroid dienone is 2. The highest BCUT2D eigenvalue weighted by atomic mass is 16.5. The number of likely N-dealkylation sites (tertiary alicyclic amines) is 1. The van der Waals surface area contributed by atoms with Crippen LogP contribution in [0.1, 0.15) is 25.7 Å². The number of ether oxygens (including phenoxy) is 1. The third kappa shape index (κ3) is 1.58. The highest BCUT2D eigenvalue weighted by Crippen LogP contribution is 2.23. The molecule has 2 rings (SSSR count). The first-order chi connectivity index (χ1) is 6.81. The molecule has 0 N–H and O–H groups in total. The molecule has 4 nitrogen and oxygen atoms in total. The van der Waals surface area contributed by atoms with Crippen LogP contribution in [0.5, 0.6) is 0 Å². The quantitative estimate of drug-likeness (QED) is 0.626. The van der Waals surface area contributed by atoms with Gasteiger partial charge in [0.25, 0.3) is 0 Å². The highest BCUT2D eigenvalue weighted by molar-refractivity contribution is 5.78. The molecule has 2 aliphatic rings. The monoisotopic (exact) mass is 192 g/mol. The van der Waals surface area contributed by atoms with Crippen LogP contribution in [0.2, 0.25) is 0 Å². The second kappa shape index (κ2) is 3.70. The number of hydrogen-bond donors (Lipinski definition) is 0. The molecule has 0 unspecified atom stereocenters. The van der Waals surface area contributed by atoms with Gasteiger partial charge >= 0.3 is 0 Å². The number of carbonyl (C=O) groups excluding carboxylic acids is 1. The Kier molecular flexibility index (Phi) is 2.40. The van der Waals surface area contributed by atoms with E-state index in [1.165, 1.54) is 0 Å². The van der Waals surface area contributed by atoms with E-state index in [4.69, 9.17) is 10.00 Å². The second-order valence-corrected chi connectivity index (χ2v) is 3.52. The molecule has 1 atom stereocenters. The summed E-state index contributed by atoms with van der Waals surface area (Å²) in [6.07, 6.45) is 4.71. The van der Waals surface area contributed by atoms with Crippen molar-refractivity contribution in [3.8, 4) is 6.07 Å². The molecule has 1 amide bonds. The van der Waals surface area contributed by atoms with Crippen LogP contribution < -0.4 is 0 Å². The molecule has 4 heteroatoms. The van der Waals surface area contributed by atoms with Crippen molar-refractivity contribution in [2.24, 2.45) is 0 Å². The van der Waals surface area contributed by atoms with Gasteiger partial charge in [0.15, 0.2) is 12.0 Å². The maximum Gasteiger partial charge on any atom is 0.225 e. The Morgan fingerprint density at radius 3 is 3.14 bits per heavy atom. The molecule has 0 spiro atoms. The van der Waals surface area contributed by atoms with Crippen molar-refractivity contribution in [3.63, 3.8) is 0 Å². The van der Waals surface area contributed by atoms with Crippen LogP contribution in [-0.4, -0.2) is 23.6 Å². The lowest BCUT2D eigenvalue weighted by Crippen LogP contribution is -2.39. The van der Waals surface area contributed by atoms with Crippen LogP contribution in [0.3, 0.4) is 0 Å². The number of hydrogen-bond acceptors (Lipinski definition) is 3. The Labute approximate surface area is 82.7 Å². The Morgan fingerprint density at radius 2 is 2.50 bits per heavy atom. The van der Waals surface area contributed by atoms with E-state index >= 15 is 0 Å². The molecular weight excluding hydrogens is 180 g/mol. The topological polar surface area (TPSA) is 53.3 Å². The summed E-state index contributed by atoms with van der Waals surface area (Å²) < 4.78 is 5.40. The van der Waals surface area contributed by atoms with Gasteiger partial charge in [-0.1, -0.05) is 0 Å². The van der Waals surface area contributed by atoms with Gasteiger partial charge in [-0.05, 0) is 18.9 Å². The van der Waals surface area contributed by atoms with Crippen molar-refractivity contribution in [2.45, 2.75) is 31.9 Å². The van der Waals surface area contributed by atoms with Crippen molar-refractivity contribution >= 4 is 5.91 Å². The van der Waals surface area contributed by atoms with Crippen molar-refractivity contribution in [1.82, 2.24) is 4.90 Å². The SMILES string of the molecule is N#CC1=CCC[C@@H](N2CCCC2=O)O1. The Morgan fingerprint density at radius 1 is 1.64 bits per heavy atom. The highest BCUT2D eigenvalue weighted by Gasteiger charge is 2.30. The van der Waals surface area contributed by atoms with Gasteiger partial charge in [-0.25, -0.2) is 0 Å². The molecule has 0 aromatic rings. The Bertz CT molecular complexity index is 317. The molecular formula is C10H12N2O2. The Balaban J connectivity index is 2.03. The zero-order valence-corrected chi connectivity index (χ0v) is 7.90. The first-order valence-electron chi connectivity index (χ1n) is 4.87. The van der Waals surface area contributed by atoms with E-state index in [0.717, 1.165) is 25.8 Å². The van der Waals surface area contributed by atoms with Crippen LogP contribution >= 0.6 is 0 Å². The fraction of sp³-hybridized carbons (Fsp3) is 0.600. The Hall–Kier alpha value is -1.50. The normalized spacial score (nSPS) is 26.8. The molecule has 1 saturated heterocycles. The molecule has 14 heavy (non-hydrogen) atoms. The third-order valence-electron chi connectivity index (χ3n) is 2.57. The molecule has 74 valence electrons. The number of rotatable bonds is 1. The van der Waals surface area contributed by atoms with E-state index in [-0.39, 0.29) is 12.1 Å². The van der Waals surface area contributed by atoms with Gasteiger partial charge in [0.1, 0.15) is 6.07 Å². The minimum atomic E-state index is -0.204. The average molecular weight is 192 g/mol. The maximum atomic E-state index is 11.4. The molecule has 0 aromatic heterocycles. The summed E-state index contributed by atoms with van der Waals surface area (Å²) in [6.45, 7) is 0.766. The molecule has 0 aromatic carbocycles. The zero-order valence-electron chi connectivity index (χ0n) is 7.90. The first kappa shape index (κ1) is 9.07. The third-order valence-corrected chi connectivity index (χ3v) is 2.57. The summed E-state index contributed by atoms with van der Waals surface area (Å²) in [5.74, 6) is 0.495. The lowest BCUT2D eigenvalue weighted by molar-refractivity contribution is -0.138. The predicted octanol–water partition coefficient (Wildman–Crippen LogP) is 1.15. The molecule has 0 saturated carbocycles. The summed E-state index contributed by atoms with van der Waals surface area (Å²) in [5.41, 5.74) is 0. The van der Waals surface area contributed by atoms with E-state index < -0.39 is 0 Å². The fourth-order valence-electron chi connectivity index (χ4n) is 1.88.